The van der Waals surface area contributed by atoms with E-state index in [2.05, 4.69) is 16.8 Å². The lowest BCUT2D eigenvalue weighted by molar-refractivity contribution is -0.134. The molecule has 0 N–H and O–H groups in total. The average molecular weight is 400 g/mol. The van der Waals surface area contributed by atoms with Crippen LogP contribution in [-0.4, -0.2) is 75.2 Å². The normalized spacial score (nSPS) is 23.7. The molecule has 0 bridgehead atoms. The van der Waals surface area contributed by atoms with Crippen LogP contribution in [0.1, 0.15) is 69.0 Å². The quantitative estimate of drug-likeness (QED) is 0.777. The molecule has 3 aliphatic heterocycles. The summed E-state index contributed by atoms with van der Waals surface area (Å²) in [5.41, 5.74) is 2.16. The lowest BCUT2D eigenvalue weighted by Gasteiger charge is -2.36. The molecule has 0 aliphatic carbocycles. The molecule has 4 heterocycles. The van der Waals surface area contributed by atoms with E-state index in [1.54, 1.807) is 6.92 Å². The van der Waals surface area contributed by atoms with Crippen LogP contribution in [0.25, 0.3) is 0 Å². The zero-order valence-corrected chi connectivity index (χ0v) is 17.8. The first-order valence-corrected chi connectivity index (χ1v) is 11.1. The van der Waals surface area contributed by atoms with Gasteiger partial charge < -0.3 is 9.80 Å². The Morgan fingerprint density at radius 3 is 2.59 bits per heavy atom. The number of fused-ring (bicyclic) bond motifs is 1. The lowest BCUT2D eigenvalue weighted by atomic mass is 9.95. The molecule has 0 unspecified atom stereocenters. The highest BCUT2D eigenvalue weighted by Crippen LogP contribution is 2.27. The molecule has 3 aliphatic rings. The summed E-state index contributed by atoms with van der Waals surface area (Å²) in [4.78, 5) is 40.0. The number of hydrogen-bond donors (Lipinski definition) is 0. The molecule has 158 valence electrons. The molecule has 1 aromatic rings. The van der Waals surface area contributed by atoms with Crippen LogP contribution < -0.4 is 0 Å². The highest BCUT2D eigenvalue weighted by Gasteiger charge is 2.29. The van der Waals surface area contributed by atoms with Crippen molar-refractivity contribution < 1.29 is 9.59 Å². The van der Waals surface area contributed by atoms with Crippen molar-refractivity contribution in [3.8, 4) is 0 Å². The highest BCUT2D eigenvalue weighted by molar-refractivity contribution is 5.78. The average Bonchev–Trinajstić information content (AvgIpc) is 2.74. The van der Waals surface area contributed by atoms with Gasteiger partial charge in [0.2, 0.25) is 11.8 Å². The molecule has 29 heavy (non-hydrogen) atoms. The molecule has 0 radical (unpaired) electrons. The predicted octanol–water partition coefficient (Wildman–Crippen LogP) is 1.96. The van der Waals surface area contributed by atoms with Crippen LogP contribution in [0.15, 0.2) is 6.20 Å². The number of amides is 2. The number of nitrogens with zero attached hydrogens (tertiary/aromatic N) is 5. The molecule has 1 aromatic heterocycles. The topological polar surface area (TPSA) is 69.6 Å². The van der Waals surface area contributed by atoms with E-state index in [0.29, 0.717) is 25.0 Å². The number of piperidine rings is 2. The largest absolute Gasteiger partial charge is 0.342 e. The third-order valence-corrected chi connectivity index (χ3v) is 6.89. The molecule has 7 nitrogen and oxygen atoms in total. The maximum absolute atomic E-state index is 12.8. The van der Waals surface area contributed by atoms with E-state index in [1.807, 2.05) is 16.0 Å². The number of carbonyl (C=O) groups is 2. The summed E-state index contributed by atoms with van der Waals surface area (Å²) in [5.74, 6) is 1.62. The van der Waals surface area contributed by atoms with Crippen molar-refractivity contribution >= 4 is 11.8 Å². The van der Waals surface area contributed by atoms with Gasteiger partial charge in [0.05, 0.1) is 12.2 Å². The third-order valence-electron chi connectivity index (χ3n) is 6.89. The monoisotopic (exact) mass is 399 g/mol. The highest BCUT2D eigenvalue weighted by atomic mass is 16.2. The van der Waals surface area contributed by atoms with Gasteiger partial charge in [-0.1, -0.05) is 6.42 Å². The van der Waals surface area contributed by atoms with E-state index < -0.39 is 0 Å². The van der Waals surface area contributed by atoms with Crippen LogP contribution in [0.2, 0.25) is 0 Å². The van der Waals surface area contributed by atoms with Gasteiger partial charge in [-0.3, -0.25) is 14.5 Å². The van der Waals surface area contributed by atoms with Crippen molar-refractivity contribution in [3.05, 3.63) is 23.3 Å². The van der Waals surface area contributed by atoms with Crippen molar-refractivity contribution in [2.45, 2.75) is 70.9 Å². The van der Waals surface area contributed by atoms with Crippen molar-refractivity contribution in [3.63, 3.8) is 0 Å². The van der Waals surface area contributed by atoms with Gasteiger partial charge in [0.25, 0.3) is 0 Å². The van der Waals surface area contributed by atoms with E-state index in [-0.39, 0.29) is 11.8 Å². The van der Waals surface area contributed by atoms with Crippen molar-refractivity contribution in [2.24, 2.45) is 0 Å². The van der Waals surface area contributed by atoms with Gasteiger partial charge in [-0.2, -0.15) is 0 Å². The van der Waals surface area contributed by atoms with Gasteiger partial charge in [0.1, 0.15) is 5.82 Å². The molecular weight excluding hydrogens is 366 g/mol. The van der Waals surface area contributed by atoms with E-state index in [1.165, 1.54) is 19.3 Å². The number of aromatic nitrogens is 2. The second kappa shape index (κ2) is 8.78. The molecule has 7 heteroatoms. The molecule has 1 atom stereocenters. The van der Waals surface area contributed by atoms with Gasteiger partial charge in [-0.05, 0) is 39.2 Å². The van der Waals surface area contributed by atoms with Crippen LogP contribution in [-0.2, 0) is 22.6 Å². The fourth-order valence-corrected chi connectivity index (χ4v) is 4.85. The second-order valence-corrected chi connectivity index (χ2v) is 8.86. The van der Waals surface area contributed by atoms with Crippen LogP contribution in [0.4, 0.5) is 0 Å². The molecule has 0 spiro atoms. The lowest BCUT2D eigenvalue weighted by Crippen LogP contribution is -2.47. The first-order valence-electron chi connectivity index (χ1n) is 11.1. The van der Waals surface area contributed by atoms with Gasteiger partial charge >= 0.3 is 0 Å². The Hall–Kier alpha value is -2.02. The zero-order valence-electron chi connectivity index (χ0n) is 17.8. The molecule has 0 aromatic carbocycles. The molecule has 2 fully saturated rings. The number of carbonyl (C=O) groups excluding carboxylic acids is 2. The van der Waals surface area contributed by atoms with Gasteiger partial charge in [-0.25, -0.2) is 9.97 Å². The van der Waals surface area contributed by atoms with E-state index in [4.69, 9.17) is 4.98 Å². The number of hydrogen-bond acceptors (Lipinski definition) is 5. The van der Waals surface area contributed by atoms with Gasteiger partial charge in [-0.15, -0.1) is 0 Å². The minimum Gasteiger partial charge on any atom is -0.342 e. The minimum atomic E-state index is 0.107. The van der Waals surface area contributed by atoms with E-state index in [0.717, 1.165) is 62.5 Å². The molecule has 4 rings (SSSR count). The van der Waals surface area contributed by atoms with Crippen LogP contribution in [0.5, 0.6) is 0 Å². The van der Waals surface area contributed by atoms with Crippen molar-refractivity contribution in [1.82, 2.24) is 24.7 Å². The Labute approximate surface area is 173 Å². The Kier molecular flexibility index (Phi) is 6.13. The molecule has 2 saturated heterocycles. The first kappa shape index (κ1) is 20.3. The fourth-order valence-electron chi connectivity index (χ4n) is 4.85. The summed E-state index contributed by atoms with van der Waals surface area (Å²) in [7, 11) is 0. The minimum absolute atomic E-state index is 0.107. The van der Waals surface area contributed by atoms with Crippen molar-refractivity contribution in [1.29, 1.82) is 0 Å². The number of likely N-dealkylation sites (tertiary alicyclic amines) is 2. The standard InChI is InChI=1S/C22H33N5O2/c1-16-5-3-4-9-26(16)15-21(29)25-10-6-18(7-11-25)22-23-13-19-14-27(17(2)28)12-8-20(19)24-22/h13,16,18H,3-12,14-15H2,1-2H3/t16-/m0/s1. The maximum atomic E-state index is 12.8. The summed E-state index contributed by atoms with van der Waals surface area (Å²) in [5, 5.41) is 0. The second-order valence-electron chi connectivity index (χ2n) is 8.86. The fraction of sp³-hybridized carbons (Fsp3) is 0.727. The number of rotatable bonds is 3. The first-order chi connectivity index (χ1) is 14.0. The Balaban J connectivity index is 1.32. The van der Waals surface area contributed by atoms with E-state index in [9.17, 15) is 9.59 Å². The summed E-state index contributed by atoms with van der Waals surface area (Å²) in [6, 6.07) is 0.521. The third kappa shape index (κ3) is 4.60. The maximum Gasteiger partial charge on any atom is 0.236 e. The summed E-state index contributed by atoms with van der Waals surface area (Å²) in [6.07, 6.45) is 8.26. The Morgan fingerprint density at radius 2 is 1.86 bits per heavy atom. The molecular formula is C22H33N5O2. The summed E-state index contributed by atoms with van der Waals surface area (Å²) in [6.45, 7) is 8.41. The van der Waals surface area contributed by atoms with Gasteiger partial charge in [0.15, 0.2) is 0 Å². The van der Waals surface area contributed by atoms with Crippen LogP contribution in [0.3, 0.4) is 0 Å². The Morgan fingerprint density at radius 1 is 1.07 bits per heavy atom. The predicted molar refractivity (Wildman–Crippen MR) is 110 cm³/mol. The van der Waals surface area contributed by atoms with Crippen molar-refractivity contribution in [2.75, 3.05) is 32.7 Å². The van der Waals surface area contributed by atoms with Crippen LogP contribution >= 0.6 is 0 Å². The Bertz CT molecular complexity index is 760. The summed E-state index contributed by atoms with van der Waals surface area (Å²) >= 11 is 0. The molecule has 0 saturated carbocycles. The molecule has 2 amide bonds. The SMILES string of the molecule is CC(=O)N1CCc2nc(C3CCN(C(=O)CN4CCCC[C@@H]4C)CC3)ncc2C1. The van der Waals surface area contributed by atoms with E-state index >= 15 is 0 Å². The van der Waals surface area contributed by atoms with Crippen LogP contribution in [0, 0.1) is 0 Å². The smallest absolute Gasteiger partial charge is 0.236 e. The van der Waals surface area contributed by atoms with Gasteiger partial charge in [0, 0.05) is 63.2 Å². The zero-order chi connectivity index (χ0) is 20.4. The summed E-state index contributed by atoms with van der Waals surface area (Å²) < 4.78 is 0.